The molecule has 2 aliphatic rings. The van der Waals surface area contributed by atoms with Crippen LogP contribution < -0.4 is 4.74 Å². The van der Waals surface area contributed by atoms with Gasteiger partial charge in [-0.2, -0.15) is 0 Å². The van der Waals surface area contributed by atoms with Gasteiger partial charge in [-0.1, -0.05) is 30.7 Å². The Hall–Kier alpha value is -2.57. The maximum Gasteiger partial charge on any atom is 0.253 e. The average molecular weight is 485 g/mol. The van der Waals surface area contributed by atoms with Gasteiger partial charge in [0.2, 0.25) is 5.91 Å². The number of carbonyl (C=O) groups is 2. The summed E-state index contributed by atoms with van der Waals surface area (Å²) in [5.74, 6) is 0.921. The molecule has 6 nitrogen and oxygen atoms in total. The molecule has 0 aromatic heterocycles. The van der Waals surface area contributed by atoms with Gasteiger partial charge in [0.1, 0.15) is 5.75 Å². The quantitative estimate of drug-likeness (QED) is 0.582. The van der Waals surface area contributed by atoms with Crippen LogP contribution in [-0.2, 0) is 16.0 Å². The van der Waals surface area contributed by atoms with Crippen LogP contribution in [0.15, 0.2) is 48.5 Å². The lowest BCUT2D eigenvalue weighted by Gasteiger charge is -2.42. The summed E-state index contributed by atoms with van der Waals surface area (Å²) in [5.41, 5.74) is 1.61. The maximum atomic E-state index is 13.1. The SMILES string of the molecule is CCc1ccc(C(=O)N2CCC(COc3ccc(Cl)cc3)(CC(=O)N3CCOCC3)CC2)cc1. The van der Waals surface area contributed by atoms with Gasteiger partial charge in [0, 0.05) is 48.6 Å². The Kier molecular flexibility index (Phi) is 8.11. The fraction of sp³-hybridized carbons (Fsp3) is 0.481. The number of piperidine rings is 1. The van der Waals surface area contributed by atoms with Gasteiger partial charge in [0.15, 0.2) is 0 Å². The highest BCUT2D eigenvalue weighted by atomic mass is 35.5. The lowest BCUT2D eigenvalue weighted by Crippen LogP contribution is -2.49. The molecule has 0 spiro atoms. The Labute approximate surface area is 206 Å². The second-order valence-corrected chi connectivity index (χ2v) is 9.69. The number of morpholine rings is 1. The van der Waals surface area contributed by atoms with Crippen molar-refractivity contribution >= 4 is 23.4 Å². The van der Waals surface area contributed by atoms with Crippen LogP contribution in [0.4, 0.5) is 0 Å². The van der Waals surface area contributed by atoms with E-state index in [0.29, 0.717) is 63.0 Å². The van der Waals surface area contributed by atoms with E-state index in [0.717, 1.165) is 25.0 Å². The Morgan fingerprint density at radius 1 is 0.941 bits per heavy atom. The van der Waals surface area contributed by atoms with E-state index in [1.165, 1.54) is 5.56 Å². The summed E-state index contributed by atoms with van der Waals surface area (Å²) in [4.78, 5) is 30.0. The van der Waals surface area contributed by atoms with Gasteiger partial charge < -0.3 is 19.3 Å². The lowest BCUT2D eigenvalue weighted by molar-refractivity contribution is -0.139. The summed E-state index contributed by atoms with van der Waals surface area (Å²) in [7, 11) is 0. The van der Waals surface area contributed by atoms with Gasteiger partial charge in [0.25, 0.3) is 5.91 Å². The molecular weight excluding hydrogens is 452 g/mol. The van der Waals surface area contributed by atoms with E-state index in [2.05, 4.69) is 6.92 Å². The number of carbonyl (C=O) groups excluding carboxylic acids is 2. The molecule has 34 heavy (non-hydrogen) atoms. The minimum atomic E-state index is -0.322. The van der Waals surface area contributed by atoms with Crippen molar-refractivity contribution in [3.05, 3.63) is 64.7 Å². The molecule has 0 N–H and O–H groups in total. The number of benzene rings is 2. The van der Waals surface area contributed by atoms with E-state index in [1.54, 1.807) is 12.1 Å². The van der Waals surface area contributed by atoms with Gasteiger partial charge in [0.05, 0.1) is 19.8 Å². The molecule has 182 valence electrons. The van der Waals surface area contributed by atoms with E-state index < -0.39 is 0 Å². The number of likely N-dealkylation sites (tertiary alicyclic amines) is 1. The zero-order valence-electron chi connectivity index (χ0n) is 19.8. The lowest BCUT2D eigenvalue weighted by atomic mass is 9.75. The smallest absolute Gasteiger partial charge is 0.253 e. The Balaban J connectivity index is 1.43. The van der Waals surface area contributed by atoms with Crippen molar-refractivity contribution in [1.82, 2.24) is 9.80 Å². The van der Waals surface area contributed by atoms with Crippen LogP contribution in [0.5, 0.6) is 5.75 Å². The van der Waals surface area contributed by atoms with Crippen LogP contribution >= 0.6 is 11.6 Å². The first-order valence-corrected chi connectivity index (χ1v) is 12.5. The van der Waals surface area contributed by atoms with Crippen molar-refractivity contribution in [2.24, 2.45) is 5.41 Å². The number of rotatable bonds is 7. The molecule has 0 radical (unpaired) electrons. The molecule has 4 rings (SSSR count). The number of amides is 2. The maximum absolute atomic E-state index is 13.1. The Morgan fingerprint density at radius 3 is 2.21 bits per heavy atom. The van der Waals surface area contributed by atoms with Crippen molar-refractivity contribution in [2.45, 2.75) is 32.6 Å². The molecule has 2 aromatic rings. The molecule has 0 aliphatic carbocycles. The molecule has 2 amide bonds. The average Bonchev–Trinajstić information content (AvgIpc) is 2.89. The predicted molar refractivity (Wildman–Crippen MR) is 132 cm³/mol. The minimum absolute atomic E-state index is 0.0504. The van der Waals surface area contributed by atoms with Crippen LogP contribution in [0.25, 0.3) is 0 Å². The van der Waals surface area contributed by atoms with Crippen LogP contribution in [0, 0.1) is 5.41 Å². The van der Waals surface area contributed by atoms with E-state index in [1.807, 2.05) is 46.2 Å². The number of hydrogen-bond acceptors (Lipinski definition) is 4. The summed E-state index contributed by atoms with van der Waals surface area (Å²) >= 11 is 6.00. The number of ether oxygens (including phenoxy) is 2. The summed E-state index contributed by atoms with van der Waals surface area (Å²) in [6, 6.07) is 15.1. The summed E-state index contributed by atoms with van der Waals surface area (Å²) < 4.78 is 11.5. The number of nitrogens with zero attached hydrogens (tertiary/aromatic N) is 2. The van der Waals surface area contributed by atoms with Crippen molar-refractivity contribution in [3.8, 4) is 5.75 Å². The molecule has 0 bridgehead atoms. The topological polar surface area (TPSA) is 59.1 Å². The highest BCUT2D eigenvalue weighted by Gasteiger charge is 2.40. The van der Waals surface area contributed by atoms with Crippen molar-refractivity contribution in [1.29, 1.82) is 0 Å². The van der Waals surface area contributed by atoms with Crippen molar-refractivity contribution in [3.63, 3.8) is 0 Å². The molecule has 0 unspecified atom stereocenters. The van der Waals surface area contributed by atoms with Crippen LogP contribution in [-0.4, -0.2) is 67.6 Å². The van der Waals surface area contributed by atoms with Crippen LogP contribution in [0.1, 0.15) is 42.1 Å². The molecule has 0 atom stereocenters. The van der Waals surface area contributed by atoms with Gasteiger partial charge >= 0.3 is 0 Å². The van der Waals surface area contributed by atoms with Crippen molar-refractivity contribution in [2.75, 3.05) is 46.0 Å². The van der Waals surface area contributed by atoms with Gasteiger partial charge in [-0.15, -0.1) is 0 Å². The number of hydrogen-bond donors (Lipinski definition) is 0. The van der Waals surface area contributed by atoms with Gasteiger partial charge in [-0.25, -0.2) is 0 Å². The fourth-order valence-corrected chi connectivity index (χ4v) is 4.76. The standard InChI is InChI=1S/C27H33ClN2O4/c1-2-21-3-5-22(6-4-21)26(32)30-13-11-27(12-14-30,19-25(31)29-15-17-33-18-16-29)20-34-24-9-7-23(28)8-10-24/h3-10H,2,11-20H2,1H3. The Morgan fingerprint density at radius 2 is 1.59 bits per heavy atom. The normalized spacial score (nSPS) is 17.9. The zero-order valence-corrected chi connectivity index (χ0v) is 20.6. The van der Waals surface area contributed by atoms with Crippen LogP contribution in [0.2, 0.25) is 5.02 Å². The second-order valence-electron chi connectivity index (χ2n) is 9.26. The summed E-state index contributed by atoms with van der Waals surface area (Å²) in [5, 5.41) is 0.656. The fourth-order valence-electron chi connectivity index (χ4n) is 4.63. The van der Waals surface area contributed by atoms with E-state index in [9.17, 15) is 9.59 Å². The minimum Gasteiger partial charge on any atom is -0.493 e. The molecule has 2 heterocycles. The van der Waals surface area contributed by atoms with Gasteiger partial charge in [-0.05, 0) is 61.2 Å². The van der Waals surface area contributed by atoms with E-state index in [-0.39, 0.29) is 17.2 Å². The Bertz CT molecular complexity index is 963. The molecule has 2 fully saturated rings. The summed E-state index contributed by atoms with van der Waals surface area (Å²) in [6.07, 6.45) is 2.80. The van der Waals surface area contributed by atoms with Crippen LogP contribution in [0.3, 0.4) is 0 Å². The largest absolute Gasteiger partial charge is 0.493 e. The monoisotopic (exact) mass is 484 g/mol. The number of aryl methyl sites for hydroxylation is 1. The van der Waals surface area contributed by atoms with Crippen molar-refractivity contribution < 1.29 is 19.1 Å². The van der Waals surface area contributed by atoms with E-state index in [4.69, 9.17) is 21.1 Å². The molecule has 2 aliphatic heterocycles. The first-order chi connectivity index (χ1) is 16.5. The zero-order chi connectivity index (χ0) is 24.0. The highest BCUT2D eigenvalue weighted by molar-refractivity contribution is 6.30. The summed E-state index contributed by atoms with van der Waals surface area (Å²) in [6.45, 7) is 6.17. The first-order valence-electron chi connectivity index (χ1n) is 12.1. The molecule has 2 saturated heterocycles. The number of halogens is 1. The molecule has 7 heteroatoms. The molecule has 2 aromatic carbocycles. The third kappa shape index (κ3) is 6.10. The first kappa shape index (κ1) is 24.6. The predicted octanol–water partition coefficient (Wildman–Crippen LogP) is 4.45. The molecular formula is C27H33ClN2O4. The van der Waals surface area contributed by atoms with Gasteiger partial charge in [-0.3, -0.25) is 9.59 Å². The third-order valence-electron chi connectivity index (χ3n) is 6.97. The second kappa shape index (κ2) is 11.2. The molecule has 0 saturated carbocycles. The van der Waals surface area contributed by atoms with E-state index >= 15 is 0 Å². The highest BCUT2D eigenvalue weighted by Crippen LogP contribution is 2.37. The third-order valence-corrected chi connectivity index (χ3v) is 7.22.